The number of esters is 1. The lowest BCUT2D eigenvalue weighted by Crippen LogP contribution is -2.44. The summed E-state index contributed by atoms with van der Waals surface area (Å²) >= 11 is 0. The Morgan fingerprint density at radius 3 is 2.52 bits per heavy atom. The number of ether oxygens (including phenoxy) is 1. The lowest BCUT2D eigenvalue weighted by molar-refractivity contribution is -0.148. The molecule has 0 radical (unpaired) electrons. The summed E-state index contributed by atoms with van der Waals surface area (Å²) in [6.07, 6.45) is -0.395. The molecule has 0 atom stereocenters. The van der Waals surface area contributed by atoms with E-state index < -0.39 is 17.8 Å². The zero-order valence-corrected chi connectivity index (χ0v) is 11.6. The number of benzene rings is 1. The van der Waals surface area contributed by atoms with Crippen molar-refractivity contribution in [2.75, 3.05) is 7.11 Å². The van der Waals surface area contributed by atoms with E-state index in [1.54, 1.807) is 6.92 Å². The molecule has 0 aliphatic carbocycles. The largest absolute Gasteiger partial charge is 0.508 e. The maximum atomic E-state index is 11.9. The third kappa shape index (κ3) is 4.77. The van der Waals surface area contributed by atoms with Crippen molar-refractivity contribution in [2.45, 2.75) is 19.8 Å². The fraction of sp³-hybridized carbons (Fsp3) is 0.308. The number of nitrogens with zero attached hydrogens (tertiary/aromatic N) is 1. The highest BCUT2D eigenvalue weighted by Crippen LogP contribution is 2.16. The van der Waals surface area contributed by atoms with Crippen LogP contribution in [0.5, 0.6) is 5.75 Å². The number of amides is 2. The van der Waals surface area contributed by atoms with Crippen LogP contribution in [0.4, 0.5) is 0 Å². The Bertz CT molecular complexity index is 558. The van der Waals surface area contributed by atoms with Gasteiger partial charge in [0, 0.05) is 12.0 Å². The molecular formula is C13H16N2O6. The topological polar surface area (TPSA) is 116 Å². The molecule has 0 unspecified atom stereocenters. The molecular weight excluding hydrogens is 280 g/mol. The molecule has 1 aromatic rings. The molecule has 114 valence electrons. The highest BCUT2D eigenvalue weighted by molar-refractivity contribution is 5.96. The van der Waals surface area contributed by atoms with Crippen molar-refractivity contribution < 1.29 is 29.4 Å². The first-order chi connectivity index (χ1) is 9.85. The molecule has 8 heteroatoms. The second kappa shape index (κ2) is 7.25. The van der Waals surface area contributed by atoms with Crippen LogP contribution in [0.25, 0.3) is 0 Å². The molecule has 0 saturated heterocycles. The summed E-state index contributed by atoms with van der Waals surface area (Å²) < 4.78 is 4.36. The van der Waals surface area contributed by atoms with Crippen molar-refractivity contribution in [3.63, 3.8) is 0 Å². The van der Waals surface area contributed by atoms with Gasteiger partial charge in [-0.3, -0.25) is 19.6 Å². The standard InChI is InChI=1S/C13H16N2O6/c1-8-7-9(16)3-4-10(8)13(19)15(20)14-11(17)5-6-12(18)21-2/h3-4,7,16,20H,5-6H2,1-2H3,(H,14,17). The average molecular weight is 296 g/mol. The summed E-state index contributed by atoms with van der Waals surface area (Å²) in [5.41, 5.74) is 2.48. The van der Waals surface area contributed by atoms with E-state index in [2.05, 4.69) is 4.74 Å². The minimum absolute atomic E-state index is 0.0179. The number of hydrogen-bond acceptors (Lipinski definition) is 6. The number of hydrogen-bond donors (Lipinski definition) is 3. The number of aromatic hydroxyl groups is 1. The third-order valence-corrected chi connectivity index (χ3v) is 2.65. The highest BCUT2D eigenvalue weighted by atomic mass is 16.6. The van der Waals surface area contributed by atoms with E-state index in [0.29, 0.717) is 5.56 Å². The Hall–Kier alpha value is -2.61. The average Bonchev–Trinajstić information content (AvgIpc) is 2.44. The summed E-state index contributed by atoms with van der Waals surface area (Å²) in [6.45, 7) is 1.57. The Kier molecular flexibility index (Phi) is 5.67. The Labute approximate surface area is 120 Å². The fourth-order valence-electron chi connectivity index (χ4n) is 1.54. The van der Waals surface area contributed by atoms with E-state index in [4.69, 9.17) is 0 Å². The van der Waals surface area contributed by atoms with Crippen LogP contribution in [0.2, 0.25) is 0 Å². The number of carbonyl (C=O) groups is 3. The first kappa shape index (κ1) is 16.4. The first-order valence-corrected chi connectivity index (χ1v) is 6.04. The van der Waals surface area contributed by atoms with Gasteiger partial charge in [-0.05, 0) is 30.7 Å². The number of hydrazine groups is 1. The first-order valence-electron chi connectivity index (χ1n) is 6.04. The van der Waals surface area contributed by atoms with Gasteiger partial charge in [0.1, 0.15) is 5.75 Å². The van der Waals surface area contributed by atoms with Gasteiger partial charge in [0.2, 0.25) is 5.91 Å². The van der Waals surface area contributed by atoms with Gasteiger partial charge in [0.25, 0.3) is 5.91 Å². The second-order valence-corrected chi connectivity index (χ2v) is 4.23. The zero-order chi connectivity index (χ0) is 16.0. The molecule has 0 bridgehead atoms. The molecule has 0 fully saturated rings. The molecule has 0 aliphatic heterocycles. The summed E-state index contributed by atoms with van der Waals surface area (Å²) in [7, 11) is 1.19. The van der Waals surface area contributed by atoms with Gasteiger partial charge in [-0.1, -0.05) is 0 Å². The van der Waals surface area contributed by atoms with Gasteiger partial charge in [0.05, 0.1) is 13.5 Å². The monoisotopic (exact) mass is 296 g/mol. The molecule has 3 N–H and O–H groups in total. The molecule has 0 saturated carbocycles. The SMILES string of the molecule is COC(=O)CCC(=O)NN(O)C(=O)c1ccc(O)cc1C. The van der Waals surface area contributed by atoms with Crippen LogP contribution in [0.1, 0.15) is 28.8 Å². The number of hydroxylamine groups is 1. The number of nitrogens with one attached hydrogen (secondary N) is 1. The van der Waals surface area contributed by atoms with Gasteiger partial charge in [0.15, 0.2) is 0 Å². The van der Waals surface area contributed by atoms with Crippen LogP contribution >= 0.6 is 0 Å². The summed E-state index contributed by atoms with van der Waals surface area (Å²) in [5, 5.41) is 18.8. The molecule has 8 nitrogen and oxygen atoms in total. The van der Waals surface area contributed by atoms with Gasteiger partial charge >= 0.3 is 5.97 Å². The van der Waals surface area contributed by atoms with Crippen molar-refractivity contribution in [1.29, 1.82) is 0 Å². The van der Waals surface area contributed by atoms with Gasteiger partial charge < -0.3 is 9.84 Å². The number of aryl methyl sites for hydroxylation is 1. The number of carbonyl (C=O) groups excluding carboxylic acids is 3. The minimum Gasteiger partial charge on any atom is -0.508 e. The van der Waals surface area contributed by atoms with Crippen molar-refractivity contribution in [2.24, 2.45) is 0 Å². The normalized spacial score (nSPS) is 9.86. The van der Waals surface area contributed by atoms with Crippen LogP contribution in [-0.4, -0.2) is 40.4 Å². The predicted octanol–water partition coefficient (Wildman–Crippen LogP) is 0.516. The van der Waals surface area contributed by atoms with E-state index >= 15 is 0 Å². The van der Waals surface area contributed by atoms with E-state index in [0.717, 1.165) is 0 Å². The van der Waals surface area contributed by atoms with Crippen LogP contribution in [0.15, 0.2) is 18.2 Å². The summed E-state index contributed by atoms with van der Waals surface area (Å²) in [4.78, 5) is 34.2. The smallest absolute Gasteiger partial charge is 0.306 e. The van der Waals surface area contributed by atoms with Crippen LogP contribution in [-0.2, 0) is 14.3 Å². The fourth-order valence-corrected chi connectivity index (χ4v) is 1.54. The van der Waals surface area contributed by atoms with E-state index in [9.17, 15) is 24.7 Å². The van der Waals surface area contributed by atoms with Gasteiger partial charge in [-0.2, -0.15) is 0 Å². The molecule has 21 heavy (non-hydrogen) atoms. The van der Waals surface area contributed by atoms with Gasteiger partial charge in [-0.15, -0.1) is 5.17 Å². The molecule has 2 amide bonds. The Morgan fingerprint density at radius 1 is 1.29 bits per heavy atom. The predicted molar refractivity (Wildman–Crippen MR) is 70.2 cm³/mol. The van der Waals surface area contributed by atoms with Crippen molar-refractivity contribution in [1.82, 2.24) is 10.6 Å². The molecule has 0 aromatic heterocycles. The minimum atomic E-state index is -0.862. The zero-order valence-electron chi connectivity index (χ0n) is 11.6. The molecule has 0 heterocycles. The highest BCUT2D eigenvalue weighted by Gasteiger charge is 2.18. The Morgan fingerprint density at radius 2 is 1.95 bits per heavy atom. The molecule has 0 spiro atoms. The maximum absolute atomic E-state index is 11.9. The third-order valence-electron chi connectivity index (χ3n) is 2.65. The van der Waals surface area contributed by atoms with Crippen molar-refractivity contribution in [3.05, 3.63) is 29.3 Å². The van der Waals surface area contributed by atoms with Crippen molar-refractivity contribution in [3.8, 4) is 5.75 Å². The number of phenolic OH excluding ortho intramolecular Hbond substituents is 1. The van der Waals surface area contributed by atoms with Gasteiger partial charge in [-0.25, -0.2) is 5.43 Å². The van der Waals surface area contributed by atoms with Crippen molar-refractivity contribution >= 4 is 17.8 Å². The number of rotatable bonds is 4. The summed E-state index contributed by atoms with van der Waals surface area (Å²) in [6, 6.07) is 3.95. The quantitative estimate of drug-likeness (QED) is 0.423. The van der Waals surface area contributed by atoms with E-state index in [1.165, 1.54) is 25.3 Å². The van der Waals surface area contributed by atoms with E-state index in [-0.39, 0.29) is 29.3 Å². The van der Waals surface area contributed by atoms with Crippen LogP contribution in [0.3, 0.4) is 0 Å². The summed E-state index contributed by atoms with van der Waals surface area (Å²) in [5.74, 6) is -2.17. The van der Waals surface area contributed by atoms with Crippen LogP contribution < -0.4 is 5.43 Å². The number of methoxy groups -OCH3 is 1. The maximum Gasteiger partial charge on any atom is 0.306 e. The Balaban J connectivity index is 2.62. The number of phenols is 1. The van der Waals surface area contributed by atoms with E-state index in [1.807, 2.05) is 5.43 Å². The molecule has 1 aromatic carbocycles. The lowest BCUT2D eigenvalue weighted by Gasteiger charge is -2.16. The molecule has 1 rings (SSSR count). The second-order valence-electron chi connectivity index (χ2n) is 4.23. The lowest BCUT2D eigenvalue weighted by atomic mass is 10.1. The molecule has 0 aliphatic rings. The van der Waals surface area contributed by atoms with Crippen LogP contribution in [0, 0.1) is 6.92 Å².